The number of nitrogens with zero attached hydrogens (tertiary/aromatic N) is 1. The maximum atomic E-state index is 12.3. The average Bonchev–Trinajstić information content (AvgIpc) is 2.81. The van der Waals surface area contributed by atoms with E-state index in [9.17, 15) is 4.21 Å². The first kappa shape index (κ1) is 13.1. The SMILES string of the molecule is Nc1ccc2oc(S(=O)Cc3cccc(Cl)c3)nc2c1. The van der Waals surface area contributed by atoms with Gasteiger partial charge in [0.2, 0.25) is 0 Å². The Balaban J connectivity index is 1.88. The number of fused-ring (bicyclic) bond motifs is 1. The van der Waals surface area contributed by atoms with Crippen molar-refractivity contribution in [3.63, 3.8) is 0 Å². The minimum atomic E-state index is -1.36. The van der Waals surface area contributed by atoms with E-state index in [1.54, 1.807) is 30.3 Å². The molecule has 4 nitrogen and oxygen atoms in total. The fourth-order valence-electron chi connectivity index (χ4n) is 1.86. The van der Waals surface area contributed by atoms with E-state index in [0.717, 1.165) is 5.56 Å². The number of benzene rings is 2. The number of oxazole rings is 1. The Kier molecular flexibility index (Phi) is 3.46. The van der Waals surface area contributed by atoms with Gasteiger partial charge in [-0.05, 0) is 35.9 Å². The molecular formula is C14H11ClN2O2S. The van der Waals surface area contributed by atoms with Crippen molar-refractivity contribution < 1.29 is 8.63 Å². The Hall–Kier alpha value is -1.85. The highest BCUT2D eigenvalue weighted by molar-refractivity contribution is 7.84. The molecule has 1 unspecified atom stereocenters. The van der Waals surface area contributed by atoms with E-state index in [1.165, 1.54) is 0 Å². The highest BCUT2D eigenvalue weighted by atomic mass is 35.5. The minimum Gasteiger partial charge on any atom is -0.430 e. The van der Waals surface area contributed by atoms with Gasteiger partial charge < -0.3 is 10.2 Å². The quantitative estimate of drug-likeness (QED) is 0.753. The molecule has 3 aromatic rings. The molecule has 2 N–H and O–H groups in total. The first-order valence-corrected chi connectivity index (χ1v) is 7.60. The zero-order valence-corrected chi connectivity index (χ0v) is 11.9. The first-order chi connectivity index (χ1) is 9.61. The van der Waals surface area contributed by atoms with Crippen LogP contribution < -0.4 is 5.73 Å². The molecule has 1 aromatic heterocycles. The molecule has 0 spiro atoms. The third kappa shape index (κ3) is 2.69. The Bertz CT molecular complexity index is 801. The van der Waals surface area contributed by atoms with Crippen molar-refractivity contribution in [2.45, 2.75) is 11.0 Å². The fourth-order valence-corrected chi connectivity index (χ4v) is 3.06. The van der Waals surface area contributed by atoms with Crippen LogP contribution in [0, 0.1) is 0 Å². The Labute approximate surface area is 123 Å². The summed E-state index contributed by atoms with van der Waals surface area (Å²) >= 11 is 5.90. The largest absolute Gasteiger partial charge is 0.430 e. The smallest absolute Gasteiger partial charge is 0.288 e. The molecule has 1 heterocycles. The zero-order valence-electron chi connectivity index (χ0n) is 10.4. The lowest BCUT2D eigenvalue weighted by atomic mass is 10.2. The summed E-state index contributed by atoms with van der Waals surface area (Å²) in [5.74, 6) is 0.308. The molecular weight excluding hydrogens is 296 g/mol. The van der Waals surface area contributed by atoms with Gasteiger partial charge in [-0.25, -0.2) is 9.19 Å². The van der Waals surface area contributed by atoms with Crippen molar-refractivity contribution in [1.29, 1.82) is 0 Å². The lowest BCUT2D eigenvalue weighted by molar-refractivity contribution is 0.477. The van der Waals surface area contributed by atoms with E-state index < -0.39 is 10.8 Å². The predicted octanol–water partition coefficient (Wildman–Crippen LogP) is 3.37. The van der Waals surface area contributed by atoms with Crippen LogP contribution in [0.25, 0.3) is 11.1 Å². The topological polar surface area (TPSA) is 69.1 Å². The van der Waals surface area contributed by atoms with E-state index in [2.05, 4.69) is 4.98 Å². The molecule has 6 heteroatoms. The molecule has 0 aliphatic rings. The lowest BCUT2D eigenvalue weighted by Gasteiger charge is -1.99. The van der Waals surface area contributed by atoms with Crippen LogP contribution in [0.3, 0.4) is 0 Å². The summed E-state index contributed by atoms with van der Waals surface area (Å²) in [6, 6.07) is 12.4. The van der Waals surface area contributed by atoms with Crippen LogP contribution >= 0.6 is 11.6 Å². The molecule has 20 heavy (non-hydrogen) atoms. The van der Waals surface area contributed by atoms with Crippen molar-refractivity contribution in [2.75, 3.05) is 5.73 Å². The first-order valence-electron chi connectivity index (χ1n) is 5.91. The third-order valence-corrected chi connectivity index (χ3v) is 4.17. The van der Waals surface area contributed by atoms with Crippen molar-refractivity contribution >= 4 is 39.2 Å². The predicted molar refractivity (Wildman–Crippen MR) is 80.0 cm³/mol. The molecule has 1 atom stereocenters. The molecule has 0 radical (unpaired) electrons. The second kappa shape index (κ2) is 5.26. The van der Waals surface area contributed by atoms with E-state index in [-0.39, 0.29) is 5.22 Å². The van der Waals surface area contributed by atoms with Gasteiger partial charge in [-0.15, -0.1) is 0 Å². The van der Waals surface area contributed by atoms with E-state index in [0.29, 0.717) is 27.6 Å². The molecule has 2 aromatic carbocycles. The zero-order chi connectivity index (χ0) is 14.1. The van der Waals surface area contributed by atoms with Gasteiger partial charge >= 0.3 is 0 Å². The lowest BCUT2D eigenvalue weighted by Crippen LogP contribution is -1.96. The second-order valence-electron chi connectivity index (χ2n) is 4.33. The number of nitrogens with two attached hydrogens (primary N) is 1. The van der Waals surface area contributed by atoms with Gasteiger partial charge in [-0.3, -0.25) is 0 Å². The number of nitrogen functional groups attached to an aromatic ring is 1. The molecule has 0 saturated heterocycles. The summed E-state index contributed by atoms with van der Waals surface area (Å²) in [6.07, 6.45) is 0. The van der Waals surface area contributed by atoms with Crippen LogP contribution in [0.5, 0.6) is 0 Å². The summed E-state index contributed by atoms with van der Waals surface area (Å²) < 4.78 is 17.7. The molecule has 0 fully saturated rings. The second-order valence-corrected chi connectivity index (χ2v) is 6.09. The van der Waals surface area contributed by atoms with Crippen molar-refractivity contribution in [3.05, 3.63) is 53.1 Å². The van der Waals surface area contributed by atoms with E-state index in [4.69, 9.17) is 21.8 Å². The van der Waals surface area contributed by atoms with Gasteiger partial charge in [0.1, 0.15) is 16.3 Å². The van der Waals surface area contributed by atoms with Gasteiger partial charge in [0.15, 0.2) is 5.58 Å². The summed E-state index contributed by atoms with van der Waals surface area (Å²) in [5.41, 5.74) is 8.33. The molecule has 0 saturated carbocycles. The van der Waals surface area contributed by atoms with Crippen molar-refractivity contribution in [2.24, 2.45) is 0 Å². The molecule has 102 valence electrons. The normalized spacial score (nSPS) is 12.7. The van der Waals surface area contributed by atoms with Crippen LogP contribution in [-0.4, -0.2) is 9.19 Å². The highest BCUT2D eigenvalue weighted by Gasteiger charge is 2.13. The van der Waals surface area contributed by atoms with Gasteiger partial charge in [0, 0.05) is 10.7 Å². The number of aromatic nitrogens is 1. The summed E-state index contributed by atoms with van der Waals surface area (Å²) in [6.45, 7) is 0. The van der Waals surface area contributed by atoms with Crippen LogP contribution in [0.1, 0.15) is 5.56 Å². The van der Waals surface area contributed by atoms with Crippen LogP contribution in [0.15, 0.2) is 52.1 Å². The molecule has 3 rings (SSSR count). The van der Waals surface area contributed by atoms with E-state index in [1.807, 2.05) is 12.1 Å². The van der Waals surface area contributed by atoms with Crippen molar-refractivity contribution in [3.8, 4) is 0 Å². The van der Waals surface area contributed by atoms with Crippen LogP contribution in [0.2, 0.25) is 5.02 Å². The molecule has 0 aliphatic heterocycles. The Morgan fingerprint density at radius 2 is 2.10 bits per heavy atom. The number of halogens is 1. The maximum Gasteiger partial charge on any atom is 0.288 e. The Morgan fingerprint density at radius 3 is 2.90 bits per heavy atom. The molecule has 0 bridgehead atoms. The minimum absolute atomic E-state index is 0.200. The standard InChI is InChI=1S/C14H11ClN2O2S/c15-10-3-1-2-9(6-10)8-20(18)14-17-12-7-11(16)4-5-13(12)19-14/h1-7H,8,16H2. The van der Waals surface area contributed by atoms with Gasteiger partial charge in [0.05, 0.1) is 5.75 Å². The summed E-state index contributed by atoms with van der Waals surface area (Å²) in [4.78, 5) is 4.21. The summed E-state index contributed by atoms with van der Waals surface area (Å²) in [7, 11) is -1.36. The monoisotopic (exact) mass is 306 g/mol. The number of anilines is 1. The van der Waals surface area contributed by atoms with Gasteiger partial charge in [0.25, 0.3) is 5.22 Å². The summed E-state index contributed by atoms with van der Waals surface area (Å²) in [5, 5.41) is 0.815. The fraction of sp³-hybridized carbons (Fsp3) is 0.0714. The van der Waals surface area contributed by atoms with Gasteiger partial charge in [-0.1, -0.05) is 23.7 Å². The average molecular weight is 307 g/mol. The van der Waals surface area contributed by atoms with E-state index >= 15 is 0 Å². The Morgan fingerprint density at radius 1 is 1.25 bits per heavy atom. The van der Waals surface area contributed by atoms with Gasteiger partial charge in [-0.2, -0.15) is 0 Å². The number of hydrogen-bond donors (Lipinski definition) is 1. The molecule has 0 aliphatic carbocycles. The van der Waals surface area contributed by atoms with Crippen molar-refractivity contribution in [1.82, 2.24) is 4.98 Å². The number of rotatable bonds is 3. The van der Waals surface area contributed by atoms with Crippen LogP contribution in [0.4, 0.5) is 5.69 Å². The number of hydrogen-bond acceptors (Lipinski definition) is 4. The maximum absolute atomic E-state index is 12.3. The van der Waals surface area contributed by atoms with Crippen LogP contribution in [-0.2, 0) is 16.6 Å². The highest BCUT2D eigenvalue weighted by Crippen LogP contribution is 2.22. The molecule has 0 amide bonds. The third-order valence-electron chi connectivity index (χ3n) is 2.77.